The molecule has 0 bridgehead atoms. The second-order valence-electron chi connectivity index (χ2n) is 4.50. The molecule has 1 rings (SSSR count). The van der Waals surface area contributed by atoms with Gasteiger partial charge in [0.2, 0.25) is 0 Å². The number of hydrogen-bond donors (Lipinski definition) is 2. The van der Waals surface area contributed by atoms with Crippen LogP contribution in [0.25, 0.3) is 0 Å². The summed E-state index contributed by atoms with van der Waals surface area (Å²) in [5, 5.41) is 4.12. The molecule has 1 aromatic carbocycles. The van der Waals surface area contributed by atoms with Crippen molar-refractivity contribution >= 4 is 23.7 Å². The molecular formula is C15H18N2O7. The van der Waals surface area contributed by atoms with Gasteiger partial charge in [-0.05, 0) is 25.1 Å². The van der Waals surface area contributed by atoms with Crippen LogP contribution in [0, 0.1) is 0 Å². The van der Waals surface area contributed by atoms with Gasteiger partial charge in [0, 0.05) is 12.6 Å². The quantitative estimate of drug-likeness (QED) is 0.541. The maximum Gasteiger partial charge on any atom is 0.344 e. The molecule has 0 atom stereocenters. The Morgan fingerprint density at radius 2 is 1.79 bits per heavy atom. The van der Waals surface area contributed by atoms with Crippen molar-refractivity contribution in [2.75, 3.05) is 27.4 Å². The number of amides is 3. The van der Waals surface area contributed by atoms with Crippen LogP contribution in [-0.4, -0.2) is 51.1 Å². The van der Waals surface area contributed by atoms with Gasteiger partial charge in [-0.15, -0.1) is 0 Å². The Morgan fingerprint density at radius 3 is 2.38 bits per heavy atom. The summed E-state index contributed by atoms with van der Waals surface area (Å²) in [7, 11) is 2.74. The minimum absolute atomic E-state index is 0.138. The largest absolute Gasteiger partial charge is 0.493 e. The van der Waals surface area contributed by atoms with Crippen LogP contribution in [-0.2, 0) is 14.3 Å². The second kappa shape index (κ2) is 9.13. The Bertz CT molecular complexity index is 643. The zero-order valence-electron chi connectivity index (χ0n) is 13.5. The number of methoxy groups -OCH3 is 1. The van der Waals surface area contributed by atoms with Crippen LogP contribution in [0.1, 0.15) is 17.3 Å². The average molecular weight is 338 g/mol. The van der Waals surface area contributed by atoms with Gasteiger partial charge in [0.15, 0.2) is 30.5 Å². The number of urea groups is 1. The molecule has 2 N–H and O–H groups in total. The molecule has 24 heavy (non-hydrogen) atoms. The Hall–Kier alpha value is -3.10. The number of rotatable bonds is 7. The number of carbonyl (C=O) groups excluding carboxylic acids is 4. The summed E-state index contributed by atoms with van der Waals surface area (Å²) in [4.78, 5) is 45.0. The van der Waals surface area contributed by atoms with Crippen molar-refractivity contribution in [3.05, 3.63) is 23.8 Å². The lowest BCUT2D eigenvalue weighted by Gasteiger charge is -2.11. The topological polar surface area (TPSA) is 120 Å². The Labute approximate surface area is 138 Å². The molecule has 0 unspecified atom stereocenters. The molecule has 0 heterocycles. The number of benzene rings is 1. The molecule has 0 aliphatic carbocycles. The predicted octanol–water partition coefficient (Wildman–Crippen LogP) is 0.275. The third-order valence-corrected chi connectivity index (χ3v) is 2.76. The van der Waals surface area contributed by atoms with Crippen LogP contribution >= 0.6 is 0 Å². The minimum Gasteiger partial charge on any atom is -0.493 e. The number of nitrogens with one attached hydrogen (secondary N) is 2. The number of Topliss-reactive ketones (excluding diaryl/α,β-unsaturated/α-hetero) is 1. The molecule has 130 valence electrons. The van der Waals surface area contributed by atoms with Gasteiger partial charge < -0.3 is 19.5 Å². The zero-order valence-corrected chi connectivity index (χ0v) is 13.5. The number of ketones is 1. The molecule has 0 aliphatic heterocycles. The van der Waals surface area contributed by atoms with Crippen molar-refractivity contribution in [1.29, 1.82) is 0 Å². The third-order valence-electron chi connectivity index (χ3n) is 2.76. The van der Waals surface area contributed by atoms with Gasteiger partial charge in [-0.2, -0.15) is 0 Å². The van der Waals surface area contributed by atoms with Crippen molar-refractivity contribution in [3.8, 4) is 11.5 Å². The van der Waals surface area contributed by atoms with Gasteiger partial charge in [-0.1, -0.05) is 0 Å². The number of hydrogen-bond acceptors (Lipinski definition) is 7. The molecule has 0 fully saturated rings. The minimum atomic E-state index is -0.806. The normalized spacial score (nSPS) is 9.62. The molecular weight excluding hydrogens is 320 g/mol. The van der Waals surface area contributed by atoms with Gasteiger partial charge in [0.05, 0.1) is 7.11 Å². The van der Waals surface area contributed by atoms with E-state index in [4.69, 9.17) is 9.47 Å². The number of carbonyl (C=O) groups is 4. The highest BCUT2D eigenvalue weighted by Crippen LogP contribution is 2.28. The molecule has 9 heteroatoms. The first-order chi connectivity index (χ1) is 11.4. The molecule has 0 saturated heterocycles. The maximum absolute atomic E-state index is 11.5. The van der Waals surface area contributed by atoms with E-state index in [1.807, 2.05) is 5.32 Å². The highest BCUT2D eigenvalue weighted by molar-refractivity contribution is 5.95. The molecule has 1 aromatic rings. The summed E-state index contributed by atoms with van der Waals surface area (Å²) in [5.41, 5.74) is 0.438. The van der Waals surface area contributed by atoms with Crippen LogP contribution in [0.5, 0.6) is 11.5 Å². The molecule has 0 saturated carbocycles. The van der Waals surface area contributed by atoms with Crippen molar-refractivity contribution in [1.82, 2.24) is 10.6 Å². The van der Waals surface area contributed by atoms with Crippen molar-refractivity contribution in [3.63, 3.8) is 0 Å². The number of imide groups is 1. The summed E-state index contributed by atoms with van der Waals surface area (Å²) in [6.45, 7) is 0.329. The molecule has 0 aromatic heterocycles. The molecule has 0 aliphatic rings. The van der Waals surface area contributed by atoms with Gasteiger partial charge in [-0.25, -0.2) is 9.59 Å². The van der Waals surface area contributed by atoms with E-state index in [1.165, 1.54) is 39.3 Å². The van der Waals surface area contributed by atoms with Gasteiger partial charge in [0.25, 0.3) is 5.91 Å². The lowest BCUT2D eigenvalue weighted by Crippen LogP contribution is -2.40. The van der Waals surface area contributed by atoms with Crippen molar-refractivity contribution < 1.29 is 33.4 Å². The summed E-state index contributed by atoms with van der Waals surface area (Å²) >= 11 is 0. The van der Waals surface area contributed by atoms with Crippen molar-refractivity contribution in [2.24, 2.45) is 0 Å². The monoisotopic (exact) mass is 338 g/mol. The van der Waals surface area contributed by atoms with E-state index in [2.05, 4.69) is 10.1 Å². The lowest BCUT2D eigenvalue weighted by atomic mass is 10.1. The van der Waals surface area contributed by atoms with E-state index in [0.717, 1.165) is 0 Å². The van der Waals surface area contributed by atoms with Crippen LogP contribution in [0.2, 0.25) is 0 Å². The van der Waals surface area contributed by atoms with E-state index < -0.39 is 31.1 Å². The molecule has 0 radical (unpaired) electrons. The fraction of sp³-hybridized carbons (Fsp3) is 0.333. The maximum atomic E-state index is 11.5. The first-order valence-corrected chi connectivity index (χ1v) is 6.86. The molecule has 0 spiro atoms. The van der Waals surface area contributed by atoms with Crippen LogP contribution in [0.4, 0.5) is 4.79 Å². The van der Waals surface area contributed by atoms with E-state index in [1.54, 1.807) is 0 Å². The van der Waals surface area contributed by atoms with E-state index in [0.29, 0.717) is 5.56 Å². The standard InChI is InChI=1S/C15H18N2O7/c1-9(18)10-4-5-11(12(6-10)22-3)23-8-14(20)24-7-13(19)17-15(21)16-2/h4-6H,7-8H2,1-3H3,(H2,16,17,19,21). The number of esters is 1. The highest BCUT2D eigenvalue weighted by Gasteiger charge is 2.13. The predicted molar refractivity (Wildman–Crippen MR) is 82.1 cm³/mol. The second-order valence-corrected chi connectivity index (χ2v) is 4.50. The van der Waals surface area contributed by atoms with Crippen molar-refractivity contribution in [2.45, 2.75) is 6.92 Å². The highest BCUT2D eigenvalue weighted by atomic mass is 16.6. The Morgan fingerprint density at radius 1 is 1.08 bits per heavy atom. The number of ether oxygens (including phenoxy) is 3. The van der Waals surface area contributed by atoms with Crippen LogP contribution in [0.15, 0.2) is 18.2 Å². The first kappa shape index (κ1) is 18.9. The van der Waals surface area contributed by atoms with Gasteiger partial charge >= 0.3 is 12.0 Å². The Kier molecular flexibility index (Phi) is 7.21. The van der Waals surface area contributed by atoms with E-state index >= 15 is 0 Å². The summed E-state index contributed by atoms with van der Waals surface area (Å²) < 4.78 is 15.0. The average Bonchev–Trinajstić information content (AvgIpc) is 2.57. The van der Waals surface area contributed by atoms with Crippen LogP contribution < -0.4 is 20.1 Å². The van der Waals surface area contributed by atoms with Gasteiger partial charge in [-0.3, -0.25) is 14.9 Å². The fourth-order valence-corrected chi connectivity index (χ4v) is 1.56. The van der Waals surface area contributed by atoms with E-state index in [9.17, 15) is 19.2 Å². The van der Waals surface area contributed by atoms with Crippen LogP contribution in [0.3, 0.4) is 0 Å². The first-order valence-electron chi connectivity index (χ1n) is 6.86. The summed E-state index contributed by atoms with van der Waals surface area (Å²) in [6, 6.07) is 3.80. The zero-order chi connectivity index (χ0) is 18.1. The summed E-state index contributed by atoms with van der Waals surface area (Å²) in [5.74, 6) is -1.19. The van der Waals surface area contributed by atoms with E-state index in [-0.39, 0.29) is 17.3 Å². The SMILES string of the molecule is CNC(=O)NC(=O)COC(=O)COc1ccc(C(C)=O)cc1OC. The third kappa shape index (κ3) is 5.95. The Balaban J connectivity index is 2.51. The summed E-state index contributed by atoms with van der Waals surface area (Å²) in [6.07, 6.45) is 0. The smallest absolute Gasteiger partial charge is 0.344 e. The molecule has 9 nitrogen and oxygen atoms in total. The lowest BCUT2D eigenvalue weighted by molar-refractivity contribution is -0.150. The van der Waals surface area contributed by atoms with Gasteiger partial charge in [0.1, 0.15) is 0 Å². The molecule has 3 amide bonds. The fourth-order valence-electron chi connectivity index (χ4n) is 1.56.